The molecule has 0 amide bonds. The minimum atomic E-state index is 1.05. The Labute approximate surface area is 110 Å². The fourth-order valence-corrected chi connectivity index (χ4v) is 2.70. The largest absolute Gasteiger partial charge is 0.315 e. The molecular formula is C14H26N4. The molecule has 0 aliphatic carbocycles. The minimum Gasteiger partial charge on any atom is -0.315 e. The maximum absolute atomic E-state index is 4.23. The average molecular weight is 250 g/mol. The number of aryl methyl sites for hydroxylation is 2. The number of likely N-dealkylation sites (tertiary alicyclic amines) is 1. The Balaban J connectivity index is 1.58. The van der Waals surface area contributed by atoms with Gasteiger partial charge in [-0.1, -0.05) is 6.42 Å². The van der Waals surface area contributed by atoms with Crippen molar-refractivity contribution in [2.45, 2.75) is 39.5 Å². The summed E-state index contributed by atoms with van der Waals surface area (Å²) in [5.41, 5.74) is 3.73. The van der Waals surface area contributed by atoms with Crippen molar-refractivity contribution in [1.29, 1.82) is 0 Å². The third kappa shape index (κ3) is 3.82. The number of aromatic amines is 1. The predicted molar refractivity (Wildman–Crippen MR) is 74.9 cm³/mol. The second kappa shape index (κ2) is 6.90. The van der Waals surface area contributed by atoms with E-state index in [-0.39, 0.29) is 0 Å². The average Bonchev–Trinajstić information content (AvgIpc) is 2.71. The van der Waals surface area contributed by atoms with Crippen LogP contribution in [-0.2, 0) is 6.42 Å². The van der Waals surface area contributed by atoms with Gasteiger partial charge in [-0.3, -0.25) is 5.10 Å². The summed E-state index contributed by atoms with van der Waals surface area (Å²) in [6.07, 6.45) is 5.26. The first-order valence-electron chi connectivity index (χ1n) is 7.21. The molecule has 0 bridgehead atoms. The fourth-order valence-electron chi connectivity index (χ4n) is 2.70. The SMILES string of the molecule is Cc1n[nH]c(C)c1CCNCCN1CCCCC1. The van der Waals surface area contributed by atoms with Gasteiger partial charge in [-0.25, -0.2) is 0 Å². The molecule has 4 heteroatoms. The van der Waals surface area contributed by atoms with E-state index in [0.29, 0.717) is 0 Å². The molecule has 1 aliphatic rings. The Morgan fingerprint density at radius 1 is 1.17 bits per heavy atom. The molecule has 0 radical (unpaired) electrons. The summed E-state index contributed by atoms with van der Waals surface area (Å²) >= 11 is 0. The van der Waals surface area contributed by atoms with Gasteiger partial charge in [0.15, 0.2) is 0 Å². The molecule has 1 fully saturated rings. The van der Waals surface area contributed by atoms with E-state index in [1.807, 2.05) is 0 Å². The lowest BCUT2D eigenvalue weighted by Gasteiger charge is -2.26. The minimum absolute atomic E-state index is 1.05. The molecule has 1 saturated heterocycles. The zero-order valence-electron chi connectivity index (χ0n) is 11.8. The third-order valence-corrected chi connectivity index (χ3v) is 3.89. The van der Waals surface area contributed by atoms with Crippen LogP contribution in [0, 0.1) is 13.8 Å². The lowest BCUT2D eigenvalue weighted by Crippen LogP contribution is -2.36. The van der Waals surface area contributed by atoms with Gasteiger partial charge in [-0.05, 0) is 58.3 Å². The van der Waals surface area contributed by atoms with Crippen molar-refractivity contribution >= 4 is 0 Å². The van der Waals surface area contributed by atoms with Gasteiger partial charge in [0.25, 0.3) is 0 Å². The molecule has 2 heterocycles. The van der Waals surface area contributed by atoms with E-state index in [4.69, 9.17) is 0 Å². The number of aromatic nitrogens is 2. The molecule has 0 spiro atoms. The van der Waals surface area contributed by atoms with Crippen LogP contribution in [0.2, 0.25) is 0 Å². The molecule has 2 rings (SSSR count). The van der Waals surface area contributed by atoms with Crippen molar-refractivity contribution in [2.75, 3.05) is 32.7 Å². The van der Waals surface area contributed by atoms with Crippen LogP contribution < -0.4 is 5.32 Å². The maximum Gasteiger partial charge on any atom is 0.0626 e. The van der Waals surface area contributed by atoms with Crippen LogP contribution >= 0.6 is 0 Å². The van der Waals surface area contributed by atoms with E-state index >= 15 is 0 Å². The van der Waals surface area contributed by atoms with Gasteiger partial charge in [-0.15, -0.1) is 0 Å². The second-order valence-corrected chi connectivity index (χ2v) is 5.31. The number of hydrogen-bond donors (Lipinski definition) is 2. The van der Waals surface area contributed by atoms with Crippen LogP contribution in [-0.4, -0.2) is 47.8 Å². The van der Waals surface area contributed by atoms with Gasteiger partial charge in [-0.2, -0.15) is 5.10 Å². The van der Waals surface area contributed by atoms with Gasteiger partial charge in [0.1, 0.15) is 0 Å². The van der Waals surface area contributed by atoms with Crippen LogP contribution in [0.25, 0.3) is 0 Å². The number of nitrogens with one attached hydrogen (secondary N) is 2. The van der Waals surface area contributed by atoms with Crippen LogP contribution in [0.5, 0.6) is 0 Å². The first kappa shape index (κ1) is 13.6. The first-order chi connectivity index (χ1) is 8.77. The molecule has 102 valence electrons. The summed E-state index contributed by atoms with van der Waals surface area (Å²) in [5.74, 6) is 0. The van der Waals surface area contributed by atoms with Crippen LogP contribution in [0.1, 0.15) is 36.2 Å². The highest BCUT2D eigenvalue weighted by atomic mass is 15.1. The van der Waals surface area contributed by atoms with E-state index in [1.165, 1.54) is 50.2 Å². The number of nitrogens with zero attached hydrogens (tertiary/aromatic N) is 2. The Bertz CT molecular complexity index is 333. The molecule has 1 aliphatic heterocycles. The normalized spacial score (nSPS) is 17.2. The lowest BCUT2D eigenvalue weighted by molar-refractivity contribution is 0.229. The van der Waals surface area contributed by atoms with Crippen molar-refractivity contribution in [3.8, 4) is 0 Å². The van der Waals surface area contributed by atoms with E-state index in [9.17, 15) is 0 Å². The third-order valence-electron chi connectivity index (χ3n) is 3.89. The lowest BCUT2D eigenvalue weighted by atomic mass is 10.1. The summed E-state index contributed by atoms with van der Waals surface area (Å²) in [6, 6.07) is 0. The van der Waals surface area contributed by atoms with Crippen LogP contribution in [0.15, 0.2) is 0 Å². The van der Waals surface area contributed by atoms with E-state index < -0.39 is 0 Å². The second-order valence-electron chi connectivity index (χ2n) is 5.31. The van der Waals surface area contributed by atoms with E-state index in [1.54, 1.807) is 0 Å². The number of H-pyrrole nitrogens is 1. The molecule has 18 heavy (non-hydrogen) atoms. The van der Waals surface area contributed by atoms with Crippen LogP contribution in [0.3, 0.4) is 0 Å². The highest BCUT2D eigenvalue weighted by Gasteiger charge is 2.09. The maximum atomic E-state index is 4.23. The van der Waals surface area contributed by atoms with Crippen molar-refractivity contribution in [1.82, 2.24) is 20.4 Å². The summed E-state index contributed by atoms with van der Waals surface area (Å²) in [6.45, 7) is 10.1. The van der Waals surface area contributed by atoms with Crippen molar-refractivity contribution in [3.63, 3.8) is 0 Å². The van der Waals surface area contributed by atoms with Crippen molar-refractivity contribution in [3.05, 3.63) is 17.0 Å². The summed E-state index contributed by atoms with van der Waals surface area (Å²) in [5, 5.41) is 10.8. The fraction of sp³-hybridized carbons (Fsp3) is 0.786. The van der Waals surface area contributed by atoms with Crippen molar-refractivity contribution in [2.24, 2.45) is 0 Å². The van der Waals surface area contributed by atoms with Gasteiger partial charge in [0.2, 0.25) is 0 Å². The first-order valence-corrected chi connectivity index (χ1v) is 7.21. The summed E-state index contributed by atoms with van der Waals surface area (Å²) < 4.78 is 0. The smallest absolute Gasteiger partial charge is 0.0626 e. The molecule has 2 N–H and O–H groups in total. The summed E-state index contributed by atoms with van der Waals surface area (Å²) in [7, 11) is 0. The molecule has 4 nitrogen and oxygen atoms in total. The number of rotatable bonds is 6. The molecule has 1 aromatic heterocycles. The topological polar surface area (TPSA) is 44.0 Å². The predicted octanol–water partition coefficient (Wildman–Crippen LogP) is 1.64. The Morgan fingerprint density at radius 3 is 2.61 bits per heavy atom. The zero-order valence-corrected chi connectivity index (χ0v) is 11.8. The van der Waals surface area contributed by atoms with Crippen LogP contribution in [0.4, 0.5) is 0 Å². The van der Waals surface area contributed by atoms with E-state index in [0.717, 1.165) is 25.2 Å². The highest BCUT2D eigenvalue weighted by molar-refractivity contribution is 5.23. The molecule has 1 aromatic rings. The zero-order chi connectivity index (χ0) is 12.8. The van der Waals surface area contributed by atoms with Gasteiger partial charge < -0.3 is 10.2 Å². The number of hydrogen-bond acceptors (Lipinski definition) is 3. The Hall–Kier alpha value is -0.870. The molecule has 0 saturated carbocycles. The van der Waals surface area contributed by atoms with Gasteiger partial charge in [0, 0.05) is 18.8 Å². The Kier molecular flexibility index (Phi) is 5.20. The highest BCUT2D eigenvalue weighted by Crippen LogP contribution is 2.09. The summed E-state index contributed by atoms with van der Waals surface area (Å²) in [4.78, 5) is 2.57. The molecule has 0 aromatic carbocycles. The number of piperidine rings is 1. The quantitative estimate of drug-likeness (QED) is 0.755. The molecule has 0 atom stereocenters. The standard InChI is InChI=1S/C14H26N4/c1-12-14(13(2)17-16-12)6-7-15-8-11-18-9-4-3-5-10-18/h15H,3-11H2,1-2H3,(H,16,17). The van der Waals surface area contributed by atoms with Crippen molar-refractivity contribution < 1.29 is 0 Å². The van der Waals surface area contributed by atoms with Gasteiger partial charge >= 0.3 is 0 Å². The molecule has 0 unspecified atom stereocenters. The van der Waals surface area contributed by atoms with Gasteiger partial charge in [0.05, 0.1) is 5.69 Å². The monoisotopic (exact) mass is 250 g/mol. The van der Waals surface area contributed by atoms with E-state index in [2.05, 4.69) is 34.3 Å². The molecular weight excluding hydrogens is 224 g/mol. The Morgan fingerprint density at radius 2 is 1.94 bits per heavy atom.